The van der Waals surface area contributed by atoms with Gasteiger partial charge >= 0.3 is 0 Å². The van der Waals surface area contributed by atoms with Crippen molar-refractivity contribution in [3.05, 3.63) is 66.4 Å². The van der Waals surface area contributed by atoms with Gasteiger partial charge in [-0.15, -0.1) is 0 Å². The highest BCUT2D eigenvalue weighted by Gasteiger charge is 2.23. The molecular weight excluding hydrogens is 344 g/mol. The predicted octanol–water partition coefficient (Wildman–Crippen LogP) is 3.39. The second kappa shape index (κ2) is 7.35. The van der Waals surface area contributed by atoms with Crippen LogP contribution in [0.2, 0.25) is 0 Å². The summed E-state index contributed by atoms with van der Waals surface area (Å²) >= 11 is 1.63. The van der Waals surface area contributed by atoms with Crippen LogP contribution in [0, 0.1) is 5.41 Å². The highest BCUT2D eigenvalue weighted by atomic mass is 32.2. The highest BCUT2D eigenvalue weighted by Crippen LogP contribution is 2.28. The highest BCUT2D eigenvalue weighted by molar-refractivity contribution is 7.98. The average Bonchev–Trinajstić information content (AvgIpc) is 3.33. The lowest BCUT2D eigenvalue weighted by Crippen LogP contribution is -2.43. The molecule has 6 heteroatoms. The number of aromatic nitrogens is 1. The summed E-state index contributed by atoms with van der Waals surface area (Å²) in [7, 11) is 0. The van der Waals surface area contributed by atoms with Gasteiger partial charge in [-0.2, -0.15) is 0 Å². The van der Waals surface area contributed by atoms with Crippen LogP contribution in [0.3, 0.4) is 0 Å². The Morgan fingerprint density at radius 2 is 2.00 bits per heavy atom. The van der Waals surface area contributed by atoms with Gasteiger partial charge in [-0.25, -0.2) is 0 Å². The molecule has 132 valence electrons. The first-order chi connectivity index (χ1) is 12.7. The molecule has 1 atom stereocenters. The lowest BCUT2D eigenvalue weighted by molar-refractivity contribution is -0.121. The Morgan fingerprint density at radius 3 is 2.77 bits per heavy atom. The molecule has 2 aromatic carbocycles. The van der Waals surface area contributed by atoms with E-state index in [0.29, 0.717) is 0 Å². The summed E-state index contributed by atoms with van der Waals surface area (Å²) < 4.78 is 2.09. The zero-order valence-corrected chi connectivity index (χ0v) is 15.1. The van der Waals surface area contributed by atoms with Gasteiger partial charge in [0, 0.05) is 22.0 Å². The van der Waals surface area contributed by atoms with Crippen LogP contribution in [0.15, 0.2) is 65.7 Å². The first kappa shape index (κ1) is 16.9. The predicted molar refractivity (Wildman–Crippen MR) is 106 cm³/mol. The van der Waals surface area contributed by atoms with Gasteiger partial charge in [0.2, 0.25) is 5.91 Å². The van der Waals surface area contributed by atoms with E-state index in [1.165, 1.54) is 0 Å². The number of fused-ring (bicyclic) bond motifs is 1. The van der Waals surface area contributed by atoms with Gasteiger partial charge < -0.3 is 10.6 Å². The summed E-state index contributed by atoms with van der Waals surface area (Å²) in [5.74, 6) is 0.0272. The molecule has 1 saturated heterocycles. The van der Waals surface area contributed by atoms with Gasteiger partial charge in [-0.1, -0.05) is 30.3 Å². The van der Waals surface area contributed by atoms with E-state index < -0.39 is 0 Å². The molecule has 1 aliphatic rings. The molecule has 0 radical (unpaired) electrons. The smallest absolute Gasteiger partial charge is 0.242 e. The number of amides is 1. The quantitative estimate of drug-likeness (QED) is 0.491. The van der Waals surface area contributed by atoms with Crippen LogP contribution in [-0.4, -0.2) is 28.3 Å². The van der Waals surface area contributed by atoms with E-state index in [9.17, 15) is 4.79 Å². The topological polar surface area (TPSA) is 69.9 Å². The minimum Gasteiger partial charge on any atom is -0.309 e. The van der Waals surface area contributed by atoms with E-state index in [4.69, 9.17) is 5.41 Å². The first-order valence-electron chi connectivity index (χ1n) is 8.69. The van der Waals surface area contributed by atoms with E-state index in [2.05, 4.69) is 26.7 Å². The summed E-state index contributed by atoms with van der Waals surface area (Å²) in [6, 6.07) is 17.8. The summed E-state index contributed by atoms with van der Waals surface area (Å²) in [5.41, 5.74) is 1.76. The van der Waals surface area contributed by atoms with Crippen LogP contribution in [0.5, 0.6) is 0 Å². The maximum Gasteiger partial charge on any atom is 0.242 e. The minimum absolute atomic E-state index is 0.123. The Morgan fingerprint density at radius 1 is 1.15 bits per heavy atom. The van der Waals surface area contributed by atoms with Crippen LogP contribution in [0.1, 0.15) is 18.4 Å². The van der Waals surface area contributed by atoms with Crippen molar-refractivity contribution in [2.45, 2.75) is 23.8 Å². The van der Waals surface area contributed by atoms with Gasteiger partial charge in [0.15, 0.2) is 0 Å². The van der Waals surface area contributed by atoms with Crippen molar-refractivity contribution < 1.29 is 4.79 Å². The van der Waals surface area contributed by atoms with E-state index in [1.807, 2.05) is 48.7 Å². The first-order valence-corrected chi connectivity index (χ1v) is 9.46. The Bertz CT molecular complexity index is 945. The second-order valence-corrected chi connectivity index (χ2v) is 7.34. The van der Waals surface area contributed by atoms with Crippen molar-refractivity contribution in [3.63, 3.8) is 0 Å². The van der Waals surface area contributed by atoms with E-state index in [1.54, 1.807) is 11.9 Å². The summed E-state index contributed by atoms with van der Waals surface area (Å²) in [4.78, 5) is 13.4. The van der Waals surface area contributed by atoms with E-state index in [-0.39, 0.29) is 17.8 Å². The molecule has 5 nitrogen and oxygen atoms in total. The third-order valence-electron chi connectivity index (χ3n) is 4.54. The zero-order chi connectivity index (χ0) is 17.9. The van der Waals surface area contributed by atoms with Gasteiger partial charge in [0.25, 0.3) is 0 Å². The van der Waals surface area contributed by atoms with E-state index >= 15 is 0 Å². The molecule has 3 aromatic rings. The average molecular weight is 364 g/mol. The number of benzene rings is 2. The number of hydrogen-bond acceptors (Lipinski definition) is 4. The van der Waals surface area contributed by atoms with Crippen molar-refractivity contribution >= 4 is 34.6 Å². The molecule has 0 saturated carbocycles. The largest absolute Gasteiger partial charge is 0.309 e. The lowest BCUT2D eigenvalue weighted by atomic mass is 10.1. The number of nitrogens with zero attached hydrogens (tertiary/aromatic N) is 1. The number of nitrogens with one attached hydrogen (secondary N) is 3. The molecule has 0 aliphatic carbocycles. The molecule has 26 heavy (non-hydrogen) atoms. The van der Waals surface area contributed by atoms with Crippen molar-refractivity contribution in [2.24, 2.45) is 0 Å². The van der Waals surface area contributed by atoms with Crippen LogP contribution < -0.4 is 10.6 Å². The monoisotopic (exact) mass is 364 g/mol. The van der Waals surface area contributed by atoms with Crippen molar-refractivity contribution in [1.82, 2.24) is 14.6 Å². The molecule has 3 N–H and O–H groups in total. The lowest BCUT2D eigenvalue weighted by Gasteiger charge is -2.13. The van der Waals surface area contributed by atoms with E-state index in [0.717, 1.165) is 40.7 Å². The second-order valence-electron chi connectivity index (χ2n) is 6.30. The summed E-state index contributed by atoms with van der Waals surface area (Å²) in [5, 5.41) is 15.2. The molecule has 2 heterocycles. The summed E-state index contributed by atoms with van der Waals surface area (Å²) in [6.45, 7) is 0.862. The number of carbonyl (C=O) groups excluding carboxylic acids is 1. The third-order valence-corrected chi connectivity index (χ3v) is 5.54. The molecule has 1 fully saturated rings. The Hall–Kier alpha value is -2.57. The maximum atomic E-state index is 12.3. The molecule has 1 aliphatic heterocycles. The Balaban J connectivity index is 1.58. The summed E-state index contributed by atoms with van der Waals surface area (Å²) in [6.07, 6.45) is 3.83. The SMILES string of the molecule is N=C(NC(=O)C1CCCN1)c1cccc2c1ccn2Sc1ccccc1. The molecule has 1 unspecified atom stereocenters. The van der Waals surface area contributed by atoms with Crippen LogP contribution in [-0.2, 0) is 4.79 Å². The van der Waals surface area contributed by atoms with Crippen LogP contribution in [0.25, 0.3) is 10.9 Å². The van der Waals surface area contributed by atoms with Gasteiger partial charge in [-0.3, -0.25) is 14.2 Å². The fourth-order valence-corrected chi connectivity index (χ4v) is 4.11. The number of amidine groups is 1. The standard InChI is InChI=1S/C20H20N4OS/c21-19(23-20(25)17-9-5-12-22-17)16-8-4-10-18-15(16)11-13-24(18)26-14-6-2-1-3-7-14/h1-4,6-8,10-11,13,17,22H,5,9,12H2,(H2,21,23,25). The van der Waals surface area contributed by atoms with Crippen molar-refractivity contribution in [2.75, 3.05) is 6.54 Å². The fourth-order valence-electron chi connectivity index (χ4n) is 3.22. The van der Waals surface area contributed by atoms with Crippen LogP contribution >= 0.6 is 11.9 Å². The molecular formula is C20H20N4OS. The zero-order valence-electron chi connectivity index (χ0n) is 14.2. The third kappa shape index (κ3) is 3.38. The Labute approximate surface area is 156 Å². The number of rotatable bonds is 4. The van der Waals surface area contributed by atoms with Crippen LogP contribution in [0.4, 0.5) is 0 Å². The molecule has 1 amide bonds. The molecule has 4 rings (SSSR count). The molecule has 0 bridgehead atoms. The van der Waals surface area contributed by atoms with Crippen molar-refractivity contribution in [3.8, 4) is 0 Å². The maximum absolute atomic E-state index is 12.3. The number of carbonyl (C=O) groups is 1. The van der Waals surface area contributed by atoms with Gasteiger partial charge in [-0.05, 0) is 55.6 Å². The van der Waals surface area contributed by atoms with Gasteiger partial charge in [0.05, 0.1) is 11.6 Å². The normalized spacial score (nSPS) is 16.7. The molecule has 1 aromatic heterocycles. The van der Waals surface area contributed by atoms with Gasteiger partial charge in [0.1, 0.15) is 5.84 Å². The number of hydrogen-bond donors (Lipinski definition) is 3. The Kier molecular flexibility index (Phi) is 4.77. The molecule has 0 spiro atoms. The van der Waals surface area contributed by atoms with Crippen molar-refractivity contribution in [1.29, 1.82) is 5.41 Å². The minimum atomic E-state index is -0.187. The fraction of sp³-hybridized carbons (Fsp3) is 0.200.